The minimum atomic E-state index is -1.35. The molecule has 2 atom stereocenters. The zero-order chi connectivity index (χ0) is 30.6. The highest BCUT2D eigenvalue weighted by molar-refractivity contribution is 6.01. The van der Waals surface area contributed by atoms with E-state index in [1.807, 2.05) is 109 Å². The molecule has 1 aliphatic rings. The van der Waals surface area contributed by atoms with E-state index in [0.717, 1.165) is 22.3 Å². The van der Waals surface area contributed by atoms with E-state index in [0.29, 0.717) is 43.2 Å². The SMILES string of the molecule is [N-]=[N+]=NCc1ccccc1[C@H]1OC(c2ccc(OCCCO)cc2)=N[C@@]1(Cc1ccccc1)C(=O)NCCc1ccccc1. The van der Waals surface area contributed by atoms with Crippen LogP contribution < -0.4 is 10.1 Å². The number of aliphatic hydroxyl groups is 1. The number of carbonyl (C=O) groups excluding carboxylic acids is 1. The number of aliphatic hydroxyl groups excluding tert-OH is 1. The van der Waals surface area contributed by atoms with Crippen molar-refractivity contribution in [3.05, 3.63) is 147 Å². The summed E-state index contributed by atoms with van der Waals surface area (Å²) in [5.74, 6) is 0.746. The predicted octanol–water partition coefficient (Wildman–Crippen LogP) is 6.12. The molecule has 224 valence electrons. The zero-order valence-electron chi connectivity index (χ0n) is 24.4. The van der Waals surface area contributed by atoms with E-state index in [2.05, 4.69) is 15.3 Å². The van der Waals surface area contributed by atoms with Crippen LogP contribution >= 0.6 is 0 Å². The number of amides is 1. The second-order valence-corrected chi connectivity index (χ2v) is 10.5. The summed E-state index contributed by atoms with van der Waals surface area (Å²) in [5.41, 5.74) is 12.0. The van der Waals surface area contributed by atoms with Crippen LogP contribution in [0.3, 0.4) is 0 Å². The van der Waals surface area contributed by atoms with Gasteiger partial charge in [0.1, 0.15) is 5.75 Å². The quantitative estimate of drug-likeness (QED) is 0.0795. The number of rotatable bonds is 14. The van der Waals surface area contributed by atoms with Crippen molar-refractivity contribution in [1.82, 2.24) is 5.32 Å². The molecular formula is C35H35N5O4. The van der Waals surface area contributed by atoms with Crippen LogP contribution in [0, 0.1) is 0 Å². The van der Waals surface area contributed by atoms with Crippen molar-refractivity contribution in [2.45, 2.75) is 37.5 Å². The molecule has 0 aliphatic carbocycles. The number of hydrogen-bond donors (Lipinski definition) is 2. The van der Waals surface area contributed by atoms with Crippen LogP contribution in [0.2, 0.25) is 0 Å². The highest BCUT2D eigenvalue weighted by Gasteiger charge is 2.53. The van der Waals surface area contributed by atoms with E-state index in [9.17, 15) is 4.79 Å². The van der Waals surface area contributed by atoms with Gasteiger partial charge in [-0.2, -0.15) is 0 Å². The Morgan fingerprint density at radius 2 is 1.64 bits per heavy atom. The van der Waals surface area contributed by atoms with Crippen molar-refractivity contribution in [1.29, 1.82) is 0 Å². The van der Waals surface area contributed by atoms with Crippen molar-refractivity contribution in [3.63, 3.8) is 0 Å². The van der Waals surface area contributed by atoms with Gasteiger partial charge in [0.2, 0.25) is 5.90 Å². The first-order valence-corrected chi connectivity index (χ1v) is 14.7. The van der Waals surface area contributed by atoms with Crippen molar-refractivity contribution in [2.75, 3.05) is 19.8 Å². The molecule has 0 unspecified atom stereocenters. The van der Waals surface area contributed by atoms with E-state index in [-0.39, 0.29) is 25.5 Å². The van der Waals surface area contributed by atoms with E-state index in [1.54, 1.807) is 0 Å². The second-order valence-electron chi connectivity index (χ2n) is 10.5. The van der Waals surface area contributed by atoms with Crippen LogP contribution in [0.25, 0.3) is 10.4 Å². The summed E-state index contributed by atoms with van der Waals surface area (Å²) >= 11 is 0. The Bertz CT molecular complexity index is 1610. The highest BCUT2D eigenvalue weighted by atomic mass is 16.5. The molecule has 4 aromatic rings. The maximum absolute atomic E-state index is 14.4. The summed E-state index contributed by atoms with van der Waals surface area (Å²) in [4.78, 5) is 22.5. The maximum atomic E-state index is 14.4. The molecule has 0 radical (unpaired) electrons. The molecule has 9 nitrogen and oxygen atoms in total. The Kier molecular flexibility index (Phi) is 10.3. The molecule has 0 spiro atoms. The number of ether oxygens (including phenoxy) is 2. The molecule has 0 bridgehead atoms. The molecule has 1 aliphatic heterocycles. The van der Waals surface area contributed by atoms with Gasteiger partial charge >= 0.3 is 0 Å². The number of azide groups is 1. The fraction of sp³-hybridized carbons (Fsp3) is 0.257. The molecule has 1 amide bonds. The van der Waals surface area contributed by atoms with Crippen LogP contribution in [0.1, 0.15) is 40.3 Å². The van der Waals surface area contributed by atoms with Gasteiger partial charge in [-0.05, 0) is 58.5 Å². The van der Waals surface area contributed by atoms with E-state index < -0.39 is 11.6 Å². The molecule has 5 rings (SSSR count). The van der Waals surface area contributed by atoms with Gasteiger partial charge in [-0.1, -0.05) is 90.0 Å². The van der Waals surface area contributed by atoms with Gasteiger partial charge in [0.15, 0.2) is 11.6 Å². The standard InChI is InChI=1S/C35H35N5O4/c36-40-38-25-29-14-7-8-15-31(29)32-35(24-27-12-5-2-6-13-27,34(42)37-21-20-26-10-3-1-4-11-26)39-33(44-32)28-16-18-30(19-17-28)43-23-9-22-41/h1-8,10-19,32,41H,9,20-25H2,(H,37,42)/t32-,35-/m1/s1. The van der Waals surface area contributed by atoms with Gasteiger partial charge in [0, 0.05) is 36.5 Å². The van der Waals surface area contributed by atoms with Gasteiger partial charge < -0.3 is 19.9 Å². The third kappa shape index (κ3) is 7.26. The lowest BCUT2D eigenvalue weighted by atomic mass is 9.80. The van der Waals surface area contributed by atoms with Gasteiger partial charge in [-0.3, -0.25) is 4.79 Å². The third-order valence-electron chi connectivity index (χ3n) is 7.53. The normalized spacial score (nSPS) is 17.2. The summed E-state index contributed by atoms with van der Waals surface area (Å²) in [6, 6.07) is 34.7. The smallest absolute Gasteiger partial charge is 0.252 e. The molecule has 0 saturated carbocycles. The zero-order valence-corrected chi connectivity index (χ0v) is 24.4. The molecule has 1 heterocycles. The molecule has 2 N–H and O–H groups in total. The first kappa shape index (κ1) is 30.4. The molecule has 0 saturated heterocycles. The van der Waals surface area contributed by atoms with Crippen LogP contribution in [0.4, 0.5) is 0 Å². The number of aliphatic imine (C=N–C) groups is 1. The average Bonchev–Trinajstić information content (AvgIpc) is 3.45. The van der Waals surface area contributed by atoms with E-state index in [1.165, 1.54) is 0 Å². The largest absolute Gasteiger partial charge is 0.494 e. The van der Waals surface area contributed by atoms with Crippen molar-refractivity contribution in [2.24, 2.45) is 10.1 Å². The first-order valence-electron chi connectivity index (χ1n) is 14.7. The summed E-state index contributed by atoms with van der Waals surface area (Å²) < 4.78 is 12.3. The number of carbonyl (C=O) groups is 1. The molecule has 9 heteroatoms. The molecular weight excluding hydrogens is 554 g/mol. The predicted molar refractivity (Wildman–Crippen MR) is 169 cm³/mol. The summed E-state index contributed by atoms with van der Waals surface area (Å²) in [7, 11) is 0. The molecule has 4 aromatic carbocycles. The summed E-state index contributed by atoms with van der Waals surface area (Å²) in [6.07, 6.45) is 0.703. The Hall–Kier alpha value is -5.11. The lowest BCUT2D eigenvalue weighted by Gasteiger charge is -2.32. The van der Waals surface area contributed by atoms with E-state index >= 15 is 0 Å². The maximum Gasteiger partial charge on any atom is 0.252 e. The van der Waals surface area contributed by atoms with Crippen LogP contribution in [-0.4, -0.2) is 42.2 Å². The highest BCUT2D eigenvalue weighted by Crippen LogP contribution is 2.43. The summed E-state index contributed by atoms with van der Waals surface area (Å²) in [5, 5.41) is 16.0. The van der Waals surface area contributed by atoms with Gasteiger partial charge in [-0.25, -0.2) is 4.99 Å². The molecule has 44 heavy (non-hydrogen) atoms. The molecule has 0 fully saturated rings. The topological polar surface area (TPSA) is 129 Å². The minimum absolute atomic E-state index is 0.0577. The third-order valence-corrected chi connectivity index (χ3v) is 7.53. The fourth-order valence-electron chi connectivity index (χ4n) is 5.33. The van der Waals surface area contributed by atoms with Gasteiger partial charge in [-0.15, -0.1) is 0 Å². The average molecular weight is 590 g/mol. The lowest BCUT2D eigenvalue weighted by molar-refractivity contribution is -0.128. The van der Waals surface area contributed by atoms with Gasteiger partial charge in [0.25, 0.3) is 5.91 Å². The van der Waals surface area contributed by atoms with Crippen molar-refractivity contribution >= 4 is 11.8 Å². The molecule has 0 aromatic heterocycles. The Labute approximate surface area is 256 Å². The Balaban J connectivity index is 1.55. The second kappa shape index (κ2) is 14.9. The lowest BCUT2D eigenvalue weighted by Crippen LogP contribution is -2.50. The minimum Gasteiger partial charge on any atom is -0.494 e. The van der Waals surface area contributed by atoms with Crippen molar-refractivity contribution < 1.29 is 19.4 Å². The number of benzene rings is 4. The van der Waals surface area contributed by atoms with Crippen LogP contribution in [-0.2, 0) is 28.9 Å². The van der Waals surface area contributed by atoms with E-state index in [4.69, 9.17) is 25.1 Å². The monoisotopic (exact) mass is 589 g/mol. The fourth-order valence-corrected chi connectivity index (χ4v) is 5.33. The number of nitrogens with zero attached hydrogens (tertiary/aromatic N) is 4. The van der Waals surface area contributed by atoms with Crippen molar-refractivity contribution in [3.8, 4) is 5.75 Å². The Morgan fingerprint density at radius 3 is 2.34 bits per heavy atom. The number of nitrogens with one attached hydrogen (secondary N) is 1. The summed E-state index contributed by atoms with van der Waals surface area (Å²) in [6.45, 7) is 0.999. The Morgan fingerprint density at radius 1 is 0.955 bits per heavy atom. The number of hydrogen-bond acceptors (Lipinski definition) is 6. The van der Waals surface area contributed by atoms with Crippen LogP contribution in [0.15, 0.2) is 119 Å². The first-order chi connectivity index (χ1) is 21.6. The van der Waals surface area contributed by atoms with Gasteiger partial charge in [0.05, 0.1) is 13.2 Å². The van der Waals surface area contributed by atoms with Crippen LogP contribution in [0.5, 0.6) is 5.75 Å².